The molecular weight excluding hydrogens is 449 g/mol. The topological polar surface area (TPSA) is 79.8 Å². The van der Waals surface area contributed by atoms with Crippen molar-refractivity contribution in [2.75, 3.05) is 33.1 Å². The number of nitrogens with one attached hydrogen (secondary N) is 1. The van der Waals surface area contributed by atoms with Gasteiger partial charge >= 0.3 is 6.03 Å². The van der Waals surface area contributed by atoms with E-state index in [0.29, 0.717) is 46.9 Å². The third-order valence-corrected chi connectivity index (χ3v) is 5.85. The van der Waals surface area contributed by atoms with E-state index in [1.165, 1.54) is 18.5 Å². The van der Waals surface area contributed by atoms with Crippen molar-refractivity contribution in [1.29, 1.82) is 0 Å². The fraction of sp³-hybridized carbons (Fsp3) is 0.348. The highest BCUT2D eigenvalue weighted by molar-refractivity contribution is 6.31. The summed E-state index contributed by atoms with van der Waals surface area (Å²) in [6.45, 7) is 2.50. The first kappa shape index (κ1) is 22.8. The fourth-order valence-electron chi connectivity index (χ4n) is 3.90. The SMILES string of the molecule is COc1cc2c(Nc3ccc(F)c(Cl)c3)ncnc2cc1O[C@H]1CC(C)N(C(=O)N(C)C)C1. The van der Waals surface area contributed by atoms with Crippen LogP contribution >= 0.6 is 11.6 Å². The Morgan fingerprint density at radius 3 is 2.73 bits per heavy atom. The number of amides is 2. The number of carbonyl (C=O) groups excluding carboxylic acids is 1. The third-order valence-electron chi connectivity index (χ3n) is 5.56. The van der Waals surface area contributed by atoms with E-state index in [0.717, 1.165) is 0 Å². The van der Waals surface area contributed by atoms with E-state index in [4.69, 9.17) is 21.1 Å². The van der Waals surface area contributed by atoms with Crippen LogP contribution in [0, 0.1) is 5.82 Å². The van der Waals surface area contributed by atoms with Gasteiger partial charge in [-0.05, 0) is 31.2 Å². The Hall–Kier alpha value is -3.33. The molecule has 2 amide bonds. The summed E-state index contributed by atoms with van der Waals surface area (Å²) in [5, 5.41) is 3.86. The fourth-order valence-corrected chi connectivity index (χ4v) is 4.08. The standard InChI is InChI=1S/C23H25ClFN5O3/c1-13-7-15(11-30(13)23(31)29(2)3)33-21-10-19-16(9-20(21)32-4)22(27-12-26-19)28-14-5-6-18(25)17(24)8-14/h5-6,8-10,12-13,15H,7,11H2,1-4H3,(H,26,27,28)/t13?,15-/m0/s1. The number of methoxy groups -OCH3 is 1. The summed E-state index contributed by atoms with van der Waals surface area (Å²) in [7, 11) is 5.03. The van der Waals surface area contributed by atoms with Crippen LogP contribution in [0.2, 0.25) is 5.02 Å². The van der Waals surface area contributed by atoms with Crippen molar-refractivity contribution in [2.24, 2.45) is 0 Å². The number of hydrogen-bond acceptors (Lipinski definition) is 6. The van der Waals surface area contributed by atoms with Gasteiger partial charge < -0.3 is 24.6 Å². The van der Waals surface area contributed by atoms with Gasteiger partial charge in [0, 0.05) is 43.7 Å². The zero-order chi connectivity index (χ0) is 23.7. The van der Waals surface area contributed by atoms with Crippen molar-refractivity contribution in [2.45, 2.75) is 25.5 Å². The van der Waals surface area contributed by atoms with Gasteiger partial charge in [0.2, 0.25) is 0 Å². The molecule has 174 valence electrons. The molecule has 4 rings (SSSR count). The Balaban J connectivity index is 1.60. The van der Waals surface area contributed by atoms with E-state index in [9.17, 15) is 9.18 Å². The highest BCUT2D eigenvalue weighted by atomic mass is 35.5. The molecule has 0 radical (unpaired) electrons. The second-order valence-corrected chi connectivity index (χ2v) is 8.56. The summed E-state index contributed by atoms with van der Waals surface area (Å²) in [6.07, 6.45) is 1.97. The lowest BCUT2D eigenvalue weighted by molar-refractivity contribution is 0.159. The predicted molar refractivity (Wildman–Crippen MR) is 125 cm³/mol. The number of halogens is 2. The van der Waals surface area contributed by atoms with Gasteiger partial charge in [-0.3, -0.25) is 0 Å². The smallest absolute Gasteiger partial charge is 0.319 e. The van der Waals surface area contributed by atoms with Crippen molar-refractivity contribution in [3.05, 3.63) is 47.5 Å². The van der Waals surface area contributed by atoms with Crippen LogP contribution in [0.3, 0.4) is 0 Å². The normalized spacial score (nSPS) is 17.8. The van der Waals surface area contributed by atoms with Gasteiger partial charge in [-0.2, -0.15) is 0 Å². The second-order valence-electron chi connectivity index (χ2n) is 8.15. The number of benzene rings is 2. The van der Waals surface area contributed by atoms with E-state index < -0.39 is 5.82 Å². The molecule has 2 aromatic carbocycles. The number of fused-ring (bicyclic) bond motifs is 1. The Morgan fingerprint density at radius 2 is 2.03 bits per heavy atom. The number of aromatic nitrogens is 2. The van der Waals surface area contributed by atoms with Crippen molar-refractivity contribution >= 4 is 40.0 Å². The summed E-state index contributed by atoms with van der Waals surface area (Å²) in [6, 6.07) is 7.96. The zero-order valence-corrected chi connectivity index (χ0v) is 19.6. The number of likely N-dealkylation sites (tertiary alicyclic amines) is 1. The second kappa shape index (κ2) is 9.27. The maximum atomic E-state index is 13.5. The molecule has 1 fully saturated rings. The third kappa shape index (κ3) is 4.73. The predicted octanol–water partition coefficient (Wildman–Crippen LogP) is 4.70. The average molecular weight is 474 g/mol. The van der Waals surface area contributed by atoms with Crippen molar-refractivity contribution in [3.63, 3.8) is 0 Å². The van der Waals surface area contributed by atoms with E-state index >= 15 is 0 Å². The molecule has 0 aliphatic carbocycles. The first-order valence-electron chi connectivity index (χ1n) is 10.5. The Bertz CT molecular complexity index is 1190. The summed E-state index contributed by atoms with van der Waals surface area (Å²) in [4.78, 5) is 24.4. The first-order chi connectivity index (χ1) is 15.8. The van der Waals surface area contributed by atoms with Crippen LogP contribution in [0.25, 0.3) is 10.9 Å². The van der Waals surface area contributed by atoms with Crippen LogP contribution in [0.5, 0.6) is 11.5 Å². The molecule has 1 N–H and O–H groups in total. The van der Waals surface area contributed by atoms with Gasteiger partial charge in [0.1, 0.15) is 24.1 Å². The molecule has 1 saturated heterocycles. The lowest BCUT2D eigenvalue weighted by atomic mass is 10.2. The highest BCUT2D eigenvalue weighted by Gasteiger charge is 2.35. The van der Waals surface area contributed by atoms with E-state index in [2.05, 4.69) is 15.3 Å². The molecule has 8 nitrogen and oxygen atoms in total. The molecule has 1 aliphatic heterocycles. The number of carbonyl (C=O) groups is 1. The lowest BCUT2D eigenvalue weighted by Gasteiger charge is -2.25. The molecule has 0 saturated carbocycles. The van der Waals surface area contributed by atoms with Gasteiger partial charge in [0.15, 0.2) is 11.5 Å². The quantitative estimate of drug-likeness (QED) is 0.578. The van der Waals surface area contributed by atoms with Gasteiger partial charge in [-0.25, -0.2) is 19.2 Å². The van der Waals surface area contributed by atoms with Gasteiger partial charge in [-0.1, -0.05) is 11.6 Å². The van der Waals surface area contributed by atoms with Crippen LogP contribution in [0.1, 0.15) is 13.3 Å². The number of rotatable bonds is 5. The molecule has 33 heavy (non-hydrogen) atoms. The van der Waals surface area contributed by atoms with Crippen LogP contribution in [0.15, 0.2) is 36.7 Å². The van der Waals surface area contributed by atoms with Crippen molar-refractivity contribution in [3.8, 4) is 11.5 Å². The number of hydrogen-bond donors (Lipinski definition) is 1. The van der Waals surface area contributed by atoms with Crippen LogP contribution < -0.4 is 14.8 Å². The molecule has 2 heterocycles. The zero-order valence-electron chi connectivity index (χ0n) is 18.8. The van der Waals surface area contributed by atoms with Crippen LogP contribution in [-0.4, -0.2) is 65.7 Å². The maximum absolute atomic E-state index is 13.5. The monoisotopic (exact) mass is 473 g/mol. The van der Waals surface area contributed by atoms with Gasteiger partial charge in [0.05, 0.1) is 24.2 Å². The molecule has 0 spiro atoms. The molecular formula is C23H25ClFN5O3. The minimum Gasteiger partial charge on any atom is -0.493 e. The summed E-state index contributed by atoms with van der Waals surface area (Å²) in [5.41, 5.74) is 1.23. The van der Waals surface area contributed by atoms with E-state index in [-0.39, 0.29) is 23.2 Å². The Kier molecular flexibility index (Phi) is 6.42. The summed E-state index contributed by atoms with van der Waals surface area (Å²) < 4.78 is 25.3. The molecule has 1 unspecified atom stereocenters. The molecule has 3 aromatic rings. The van der Waals surface area contributed by atoms with E-state index in [1.54, 1.807) is 49.2 Å². The number of anilines is 2. The summed E-state index contributed by atoms with van der Waals surface area (Å²) in [5.74, 6) is 1.08. The van der Waals surface area contributed by atoms with Crippen LogP contribution in [0.4, 0.5) is 20.7 Å². The summed E-state index contributed by atoms with van der Waals surface area (Å²) >= 11 is 5.89. The number of nitrogens with zero attached hydrogens (tertiary/aromatic N) is 4. The highest BCUT2D eigenvalue weighted by Crippen LogP contribution is 2.37. The molecule has 10 heteroatoms. The number of ether oxygens (including phenoxy) is 2. The van der Waals surface area contributed by atoms with E-state index in [1.807, 2.05) is 6.92 Å². The largest absolute Gasteiger partial charge is 0.493 e. The number of urea groups is 1. The van der Waals surface area contributed by atoms with Crippen molar-refractivity contribution in [1.82, 2.24) is 19.8 Å². The molecule has 2 atom stereocenters. The molecule has 0 bridgehead atoms. The van der Waals surface area contributed by atoms with Crippen LogP contribution in [-0.2, 0) is 0 Å². The average Bonchev–Trinajstić information content (AvgIpc) is 3.15. The minimum atomic E-state index is -0.495. The molecule has 1 aliphatic rings. The van der Waals surface area contributed by atoms with Gasteiger partial charge in [0.25, 0.3) is 0 Å². The van der Waals surface area contributed by atoms with Gasteiger partial charge in [-0.15, -0.1) is 0 Å². The first-order valence-corrected chi connectivity index (χ1v) is 10.8. The minimum absolute atomic E-state index is 0.0132. The lowest BCUT2D eigenvalue weighted by Crippen LogP contribution is -2.41. The maximum Gasteiger partial charge on any atom is 0.319 e. The van der Waals surface area contributed by atoms with Crippen molar-refractivity contribution < 1.29 is 18.7 Å². The Labute approximate surface area is 196 Å². The Morgan fingerprint density at radius 1 is 1.24 bits per heavy atom. The molecule has 1 aromatic heterocycles.